The van der Waals surface area contributed by atoms with Crippen LogP contribution in [0.5, 0.6) is 0 Å². The van der Waals surface area contributed by atoms with E-state index in [4.69, 9.17) is 5.11 Å². The molecule has 0 bridgehead atoms. The van der Waals surface area contributed by atoms with Crippen molar-refractivity contribution in [1.29, 1.82) is 0 Å². The van der Waals surface area contributed by atoms with Crippen molar-refractivity contribution in [3.05, 3.63) is 34.4 Å². The monoisotopic (exact) mass is 300 g/mol. The maximum absolute atomic E-state index is 12.4. The number of aliphatic hydroxyl groups is 1. The molecule has 8 heteroatoms. The lowest BCUT2D eigenvalue weighted by molar-refractivity contribution is -0.384. The number of aliphatic hydroxyl groups excluding tert-OH is 1. The molecular formula is C12H16N2O5S. The van der Waals surface area contributed by atoms with E-state index in [2.05, 4.69) is 0 Å². The predicted octanol–water partition coefficient (Wildman–Crippen LogP) is 0.988. The van der Waals surface area contributed by atoms with E-state index in [1.54, 1.807) is 0 Å². The molecule has 1 unspecified atom stereocenters. The summed E-state index contributed by atoms with van der Waals surface area (Å²) in [5.41, 5.74) is -0.136. The first-order valence-corrected chi connectivity index (χ1v) is 7.74. The summed E-state index contributed by atoms with van der Waals surface area (Å²) < 4.78 is 26.1. The molecule has 1 saturated heterocycles. The van der Waals surface area contributed by atoms with Gasteiger partial charge in [-0.15, -0.1) is 0 Å². The first-order chi connectivity index (χ1) is 9.45. The Morgan fingerprint density at radius 2 is 2.00 bits per heavy atom. The summed E-state index contributed by atoms with van der Waals surface area (Å²) >= 11 is 0. The first-order valence-electron chi connectivity index (χ1n) is 6.30. The molecule has 0 aromatic heterocycles. The minimum atomic E-state index is -3.60. The Kier molecular flexibility index (Phi) is 4.36. The quantitative estimate of drug-likeness (QED) is 0.645. The zero-order valence-electron chi connectivity index (χ0n) is 10.8. The number of nitro benzene ring substituents is 1. The molecule has 0 saturated carbocycles. The minimum absolute atomic E-state index is 0.0517. The Morgan fingerprint density at radius 1 is 1.35 bits per heavy atom. The van der Waals surface area contributed by atoms with Crippen molar-refractivity contribution in [2.24, 2.45) is 5.92 Å². The Bertz CT molecular complexity index is 584. The van der Waals surface area contributed by atoms with E-state index < -0.39 is 14.9 Å². The fourth-order valence-electron chi connectivity index (χ4n) is 2.32. The van der Waals surface area contributed by atoms with E-state index in [-0.39, 0.29) is 23.1 Å². The van der Waals surface area contributed by atoms with E-state index in [1.807, 2.05) is 0 Å². The van der Waals surface area contributed by atoms with Crippen LogP contribution in [0.3, 0.4) is 0 Å². The highest BCUT2D eigenvalue weighted by Gasteiger charge is 2.32. The zero-order valence-corrected chi connectivity index (χ0v) is 11.6. The van der Waals surface area contributed by atoms with Crippen LogP contribution >= 0.6 is 0 Å². The third kappa shape index (κ3) is 2.97. The fourth-order valence-corrected chi connectivity index (χ4v) is 3.85. The normalized spacial score (nSPS) is 20.1. The molecule has 2 rings (SSSR count). The largest absolute Gasteiger partial charge is 0.396 e. The highest BCUT2D eigenvalue weighted by Crippen LogP contribution is 2.26. The summed E-state index contributed by atoms with van der Waals surface area (Å²) in [4.78, 5) is 10.1. The van der Waals surface area contributed by atoms with Crippen LogP contribution in [0.1, 0.15) is 12.8 Å². The maximum atomic E-state index is 12.4. The van der Waals surface area contributed by atoms with Crippen LogP contribution in [0.2, 0.25) is 0 Å². The van der Waals surface area contributed by atoms with E-state index in [9.17, 15) is 18.5 Å². The molecule has 20 heavy (non-hydrogen) atoms. The molecule has 1 aliphatic rings. The molecule has 1 aliphatic heterocycles. The van der Waals surface area contributed by atoms with Gasteiger partial charge < -0.3 is 5.11 Å². The molecular weight excluding hydrogens is 284 g/mol. The van der Waals surface area contributed by atoms with Gasteiger partial charge in [-0.05, 0) is 30.9 Å². The number of sulfonamides is 1. The summed E-state index contributed by atoms with van der Waals surface area (Å²) in [6.07, 6.45) is 1.32. The van der Waals surface area contributed by atoms with E-state index >= 15 is 0 Å². The number of benzene rings is 1. The number of hydrogen-bond acceptors (Lipinski definition) is 5. The van der Waals surface area contributed by atoms with E-state index in [0.29, 0.717) is 19.5 Å². The average Bonchev–Trinajstić information content (AvgIpc) is 2.88. The lowest BCUT2D eigenvalue weighted by Crippen LogP contribution is -2.29. The molecule has 1 aromatic carbocycles. The lowest BCUT2D eigenvalue weighted by Gasteiger charge is -2.16. The van der Waals surface area contributed by atoms with Crippen LogP contribution in [0.25, 0.3) is 0 Å². The van der Waals surface area contributed by atoms with Gasteiger partial charge in [0.25, 0.3) is 5.69 Å². The Hall–Kier alpha value is -1.51. The van der Waals surface area contributed by atoms with Crippen molar-refractivity contribution in [3.8, 4) is 0 Å². The van der Waals surface area contributed by atoms with Gasteiger partial charge in [0.1, 0.15) is 0 Å². The van der Waals surface area contributed by atoms with Crippen molar-refractivity contribution in [1.82, 2.24) is 4.31 Å². The van der Waals surface area contributed by atoms with Crippen molar-refractivity contribution in [3.63, 3.8) is 0 Å². The van der Waals surface area contributed by atoms with E-state index in [0.717, 1.165) is 6.42 Å². The minimum Gasteiger partial charge on any atom is -0.396 e. The van der Waals surface area contributed by atoms with E-state index in [1.165, 1.54) is 28.6 Å². The van der Waals surface area contributed by atoms with Gasteiger partial charge in [0.2, 0.25) is 10.0 Å². The second kappa shape index (κ2) is 5.86. The lowest BCUT2D eigenvalue weighted by atomic mass is 10.1. The molecule has 0 amide bonds. The maximum Gasteiger partial charge on any atom is 0.269 e. The Morgan fingerprint density at radius 3 is 2.55 bits per heavy atom. The van der Waals surface area contributed by atoms with Gasteiger partial charge in [-0.2, -0.15) is 4.31 Å². The predicted molar refractivity (Wildman–Crippen MR) is 71.7 cm³/mol. The summed E-state index contributed by atoms with van der Waals surface area (Å²) in [5.74, 6) is 0.174. The number of non-ortho nitro benzene ring substituents is 1. The van der Waals surface area contributed by atoms with Crippen molar-refractivity contribution >= 4 is 15.7 Å². The Labute approximate surface area is 117 Å². The second-order valence-corrected chi connectivity index (χ2v) is 6.72. The molecule has 1 N–H and O–H groups in total. The number of nitro groups is 1. The Balaban J connectivity index is 2.16. The van der Waals surface area contributed by atoms with Gasteiger partial charge in [0.05, 0.1) is 9.82 Å². The van der Waals surface area contributed by atoms with Crippen LogP contribution in [0.15, 0.2) is 29.2 Å². The highest BCUT2D eigenvalue weighted by molar-refractivity contribution is 7.89. The van der Waals surface area contributed by atoms with Gasteiger partial charge in [0, 0.05) is 31.8 Å². The summed E-state index contributed by atoms with van der Waals surface area (Å²) in [6.45, 7) is 0.861. The highest BCUT2D eigenvalue weighted by atomic mass is 32.2. The summed E-state index contributed by atoms with van der Waals surface area (Å²) in [6, 6.07) is 4.89. The van der Waals surface area contributed by atoms with Crippen LogP contribution in [0.4, 0.5) is 5.69 Å². The van der Waals surface area contributed by atoms with Crippen LogP contribution < -0.4 is 0 Å². The molecule has 1 fully saturated rings. The molecule has 0 spiro atoms. The van der Waals surface area contributed by atoms with Crippen LogP contribution in [0, 0.1) is 16.0 Å². The number of nitrogens with zero attached hydrogens (tertiary/aromatic N) is 2. The van der Waals surface area contributed by atoms with Gasteiger partial charge in [-0.1, -0.05) is 0 Å². The number of rotatable bonds is 5. The van der Waals surface area contributed by atoms with Crippen LogP contribution in [-0.4, -0.2) is 42.4 Å². The molecule has 1 aromatic rings. The fraction of sp³-hybridized carbons (Fsp3) is 0.500. The molecule has 1 heterocycles. The third-order valence-corrected chi connectivity index (χ3v) is 5.35. The summed E-state index contributed by atoms with van der Waals surface area (Å²) in [7, 11) is -3.60. The van der Waals surface area contributed by atoms with Crippen molar-refractivity contribution < 1.29 is 18.4 Å². The smallest absolute Gasteiger partial charge is 0.269 e. The third-order valence-electron chi connectivity index (χ3n) is 3.47. The SMILES string of the molecule is O=[N+]([O-])c1ccc(S(=O)(=O)N2CCC(CCO)C2)cc1. The van der Waals surface area contributed by atoms with Crippen LogP contribution in [-0.2, 0) is 10.0 Å². The molecule has 110 valence electrons. The van der Waals surface area contributed by atoms with Gasteiger partial charge in [-0.25, -0.2) is 8.42 Å². The second-order valence-electron chi connectivity index (χ2n) is 4.78. The molecule has 1 atom stereocenters. The topological polar surface area (TPSA) is 101 Å². The summed E-state index contributed by atoms with van der Waals surface area (Å²) in [5, 5.41) is 19.4. The van der Waals surface area contributed by atoms with Crippen molar-refractivity contribution in [2.75, 3.05) is 19.7 Å². The van der Waals surface area contributed by atoms with Crippen molar-refractivity contribution in [2.45, 2.75) is 17.7 Å². The van der Waals surface area contributed by atoms with Gasteiger partial charge in [-0.3, -0.25) is 10.1 Å². The average molecular weight is 300 g/mol. The van der Waals surface area contributed by atoms with Gasteiger partial charge >= 0.3 is 0 Å². The zero-order chi connectivity index (χ0) is 14.8. The molecule has 0 aliphatic carbocycles. The van der Waals surface area contributed by atoms with Gasteiger partial charge in [0.15, 0.2) is 0 Å². The number of hydrogen-bond donors (Lipinski definition) is 1. The molecule has 7 nitrogen and oxygen atoms in total. The standard InChI is InChI=1S/C12H16N2O5S/c15-8-6-10-5-7-13(9-10)20(18,19)12-3-1-11(2-4-12)14(16)17/h1-4,10,15H,5-9H2. The first kappa shape index (κ1) is 14.9. The molecule has 0 radical (unpaired) electrons.